The summed E-state index contributed by atoms with van der Waals surface area (Å²) in [5.41, 5.74) is 0.690. The lowest BCUT2D eigenvalue weighted by molar-refractivity contribution is -0.139. The standard InChI is InChI=1S/C12H14O5.C2H6/c1-17-10-4-2-8(3-5-10)9(6-11(13)14)7-12(15)16;1-2/h2-5,9H,6-7H2,1H3,(H,13,14)(H,15,16);1-2H3. The van der Waals surface area contributed by atoms with E-state index in [0.29, 0.717) is 11.3 Å². The van der Waals surface area contributed by atoms with E-state index in [4.69, 9.17) is 14.9 Å². The van der Waals surface area contributed by atoms with Gasteiger partial charge in [0.2, 0.25) is 0 Å². The smallest absolute Gasteiger partial charge is 0.303 e. The van der Waals surface area contributed by atoms with E-state index >= 15 is 0 Å². The number of ether oxygens (including phenoxy) is 1. The minimum absolute atomic E-state index is 0.196. The molecule has 0 heterocycles. The van der Waals surface area contributed by atoms with Gasteiger partial charge in [-0.3, -0.25) is 9.59 Å². The van der Waals surface area contributed by atoms with E-state index in [1.165, 1.54) is 7.11 Å². The Morgan fingerprint density at radius 1 is 1.05 bits per heavy atom. The first-order valence-corrected chi connectivity index (χ1v) is 6.10. The quantitative estimate of drug-likeness (QED) is 0.828. The molecule has 0 bridgehead atoms. The van der Waals surface area contributed by atoms with Crippen LogP contribution in [0.4, 0.5) is 0 Å². The molecule has 0 unspecified atom stereocenters. The van der Waals surface area contributed by atoms with E-state index in [-0.39, 0.29) is 12.8 Å². The topological polar surface area (TPSA) is 83.8 Å². The highest BCUT2D eigenvalue weighted by molar-refractivity contribution is 5.72. The molecule has 0 aromatic heterocycles. The van der Waals surface area contributed by atoms with Crippen molar-refractivity contribution in [3.8, 4) is 5.75 Å². The van der Waals surface area contributed by atoms with Crippen LogP contribution in [-0.2, 0) is 9.59 Å². The molecule has 5 nitrogen and oxygen atoms in total. The van der Waals surface area contributed by atoms with Gasteiger partial charge < -0.3 is 14.9 Å². The zero-order valence-corrected chi connectivity index (χ0v) is 11.4. The van der Waals surface area contributed by atoms with Crippen molar-refractivity contribution in [3.63, 3.8) is 0 Å². The van der Waals surface area contributed by atoms with E-state index in [1.807, 2.05) is 13.8 Å². The molecule has 2 N–H and O–H groups in total. The van der Waals surface area contributed by atoms with Crippen LogP contribution in [0.5, 0.6) is 5.75 Å². The van der Waals surface area contributed by atoms with Gasteiger partial charge in [0.05, 0.1) is 20.0 Å². The maximum Gasteiger partial charge on any atom is 0.303 e. The van der Waals surface area contributed by atoms with Gasteiger partial charge in [0.1, 0.15) is 5.75 Å². The molecule has 0 atom stereocenters. The molecule has 0 spiro atoms. The average molecular weight is 268 g/mol. The minimum Gasteiger partial charge on any atom is -0.497 e. The summed E-state index contributed by atoms with van der Waals surface area (Å²) in [6, 6.07) is 6.75. The van der Waals surface area contributed by atoms with Crippen LogP contribution in [0, 0.1) is 0 Å². The molecule has 106 valence electrons. The third-order valence-electron chi connectivity index (χ3n) is 2.43. The van der Waals surface area contributed by atoms with Crippen LogP contribution in [0.25, 0.3) is 0 Å². The van der Waals surface area contributed by atoms with Crippen molar-refractivity contribution >= 4 is 11.9 Å². The molecule has 0 amide bonds. The number of carbonyl (C=O) groups is 2. The lowest BCUT2D eigenvalue weighted by Crippen LogP contribution is -2.11. The van der Waals surface area contributed by atoms with Crippen LogP contribution in [-0.4, -0.2) is 29.3 Å². The number of hydrogen-bond donors (Lipinski definition) is 2. The molecule has 1 rings (SSSR count). The Bertz CT molecular complexity index is 381. The SMILES string of the molecule is CC.COc1ccc(C(CC(=O)O)CC(=O)O)cc1. The van der Waals surface area contributed by atoms with Crippen molar-refractivity contribution in [3.05, 3.63) is 29.8 Å². The molecular formula is C14H20O5. The largest absolute Gasteiger partial charge is 0.497 e. The Morgan fingerprint density at radius 3 is 1.79 bits per heavy atom. The van der Waals surface area contributed by atoms with Crippen LogP contribution in [0.15, 0.2) is 24.3 Å². The third kappa shape index (κ3) is 6.45. The maximum atomic E-state index is 10.7. The van der Waals surface area contributed by atoms with Crippen LogP contribution >= 0.6 is 0 Å². The fourth-order valence-corrected chi connectivity index (χ4v) is 1.61. The third-order valence-corrected chi connectivity index (χ3v) is 2.43. The van der Waals surface area contributed by atoms with Gasteiger partial charge in [-0.2, -0.15) is 0 Å². The first-order valence-electron chi connectivity index (χ1n) is 6.10. The number of aliphatic carboxylic acids is 2. The van der Waals surface area contributed by atoms with E-state index in [9.17, 15) is 9.59 Å². The highest BCUT2D eigenvalue weighted by Gasteiger charge is 2.18. The van der Waals surface area contributed by atoms with Crippen molar-refractivity contribution in [2.45, 2.75) is 32.6 Å². The Labute approximate surface area is 112 Å². The number of hydrogen-bond acceptors (Lipinski definition) is 3. The Morgan fingerprint density at radius 2 is 1.47 bits per heavy atom. The van der Waals surface area contributed by atoms with Crippen molar-refractivity contribution in [1.29, 1.82) is 0 Å². The Hall–Kier alpha value is -2.04. The number of carboxylic acid groups (broad SMARTS) is 2. The van der Waals surface area contributed by atoms with E-state index in [2.05, 4.69) is 0 Å². The highest BCUT2D eigenvalue weighted by Crippen LogP contribution is 2.25. The second-order valence-corrected chi connectivity index (χ2v) is 3.67. The number of benzene rings is 1. The molecule has 19 heavy (non-hydrogen) atoms. The minimum atomic E-state index is -1.01. The Balaban J connectivity index is 0.00000154. The van der Waals surface area contributed by atoms with Crippen molar-refractivity contribution in [1.82, 2.24) is 0 Å². The number of methoxy groups -OCH3 is 1. The van der Waals surface area contributed by atoms with Gasteiger partial charge in [-0.05, 0) is 17.7 Å². The fourth-order valence-electron chi connectivity index (χ4n) is 1.61. The summed E-state index contributed by atoms with van der Waals surface area (Å²) in [7, 11) is 1.53. The number of carboxylic acids is 2. The lowest BCUT2D eigenvalue weighted by atomic mass is 9.92. The molecule has 0 saturated heterocycles. The molecule has 5 heteroatoms. The molecule has 0 radical (unpaired) electrons. The number of rotatable bonds is 6. The van der Waals surface area contributed by atoms with Crippen LogP contribution in [0.3, 0.4) is 0 Å². The molecule has 0 aliphatic carbocycles. The van der Waals surface area contributed by atoms with Gasteiger partial charge in [0.15, 0.2) is 0 Å². The van der Waals surface area contributed by atoms with Gasteiger partial charge in [0, 0.05) is 5.92 Å². The predicted octanol–water partition coefficient (Wildman–Crippen LogP) is 2.75. The first-order chi connectivity index (χ1) is 9.02. The van der Waals surface area contributed by atoms with Crippen LogP contribution < -0.4 is 4.74 Å². The van der Waals surface area contributed by atoms with Gasteiger partial charge >= 0.3 is 11.9 Å². The zero-order chi connectivity index (χ0) is 14.8. The van der Waals surface area contributed by atoms with E-state index < -0.39 is 17.9 Å². The van der Waals surface area contributed by atoms with Crippen molar-refractivity contribution in [2.75, 3.05) is 7.11 Å². The van der Waals surface area contributed by atoms with Gasteiger partial charge in [-0.1, -0.05) is 26.0 Å². The molecule has 0 saturated carbocycles. The van der Waals surface area contributed by atoms with Gasteiger partial charge in [0.25, 0.3) is 0 Å². The normalized spacial score (nSPS) is 9.47. The monoisotopic (exact) mass is 268 g/mol. The summed E-state index contributed by atoms with van der Waals surface area (Å²) in [4.78, 5) is 21.3. The summed E-state index contributed by atoms with van der Waals surface area (Å²) in [6.07, 6.45) is -0.392. The maximum absolute atomic E-state index is 10.7. The second-order valence-electron chi connectivity index (χ2n) is 3.67. The van der Waals surface area contributed by atoms with Crippen LogP contribution in [0.1, 0.15) is 38.2 Å². The summed E-state index contributed by atoms with van der Waals surface area (Å²) < 4.78 is 4.98. The molecule has 0 aliphatic rings. The van der Waals surface area contributed by atoms with Crippen LogP contribution in [0.2, 0.25) is 0 Å². The molecule has 1 aromatic rings. The average Bonchev–Trinajstić information content (AvgIpc) is 2.39. The first kappa shape index (κ1) is 17.0. The van der Waals surface area contributed by atoms with Gasteiger partial charge in [-0.15, -0.1) is 0 Å². The molecule has 1 aromatic carbocycles. The van der Waals surface area contributed by atoms with E-state index in [0.717, 1.165) is 0 Å². The summed E-state index contributed by atoms with van der Waals surface area (Å²) in [6.45, 7) is 4.00. The van der Waals surface area contributed by atoms with Crippen molar-refractivity contribution < 1.29 is 24.5 Å². The van der Waals surface area contributed by atoms with Crippen molar-refractivity contribution in [2.24, 2.45) is 0 Å². The second kappa shape index (κ2) is 8.97. The highest BCUT2D eigenvalue weighted by atomic mass is 16.5. The van der Waals surface area contributed by atoms with E-state index in [1.54, 1.807) is 24.3 Å². The Kier molecular flexibility index (Phi) is 8.00. The summed E-state index contributed by atoms with van der Waals surface area (Å²) >= 11 is 0. The fraction of sp³-hybridized carbons (Fsp3) is 0.429. The summed E-state index contributed by atoms with van der Waals surface area (Å²) in [5, 5.41) is 17.5. The summed E-state index contributed by atoms with van der Waals surface area (Å²) in [5.74, 6) is -1.88. The molecule has 0 aliphatic heterocycles. The lowest BCUT2D eigenvalue weighted by Gasteiger charge is -2.13. The van der Waals surface area contributed by atoms with Gasteiger partial charge in [-0.25, -0.2) is 0 Å². The molecule has 0 fully saturated rings. The molecular weight excluding hydrogens is 248 g/mol. The predicted molar refractivity (Wildman–Crippen MR) is 71.6 cm³/mol. The zero-order valence-electron chi connectivity index (χ0n) is 11.4.